The van der Waals surface area contributed by atoms with E-state index in [-0.39, 0.29) is 0 Å². The molecule has 0 aliphatic rings. The van der Waals surface area contributed by atoms with E-state index in [9.17, 15) is 0 Å². The normalized spacial score (nSPS) is 11.8. The minimum absolute atomic E-state index is 0.646. The van der Waals surface area contributed by atoms with Gasteiger partial charge in [-0.25, -0.2) is 14.5 Å². The second-order valence-corrected chi connectivity index (χ2v) is 7.52. The SMILES string of the molecule is COc1ccccc1-c1nc2c3c(C)c(C)n(CCC[NH+](C)C)c3ncn2n1. The van der Waals surface area contributed by atoms with Crippen molar-refractivity contribution in [3.8, 4) is 17.1 Å². The highest BCUT2D eigenvalue weighted by atomic mass is 16.5. The lowest BCUT2D eigenvalue weighted by Crippen LogP contribution is -3.05. The van der Waals surface area contributed by atoms with E-state index in [1.165, 1.54) is 16.2 Å². The third-order valence-corrected chi connectivity index (χ3v) is 5.35. The number of fused-ring (bicyclic) bond motifs is 3. The Balaban J connectivity index is 1.85. The molecule has 1 aromatic carbocycles. The van der Waals surface area contributed by atoms with Gasteiger partial charge in [-0.3, -0.25) is 0 Å². The Hall–Kier alpha value is -2.93. The molecule has 3 heterocycles. The second kappa shape index (κ2) is 7.24. The Morgan fingerprint density at radius 1 is 1.11 bits per heavy atom. The maximum absolute atomic E-state index is 5.48. The van der Waals surface area contributed by atoms with Crippen LogP contribution in [0.25, 0.3) is 28.1 Å². The van der Waals surface area contributed by atoms with Gasteiger partial charge in [0.15, 0.2) is 11.5 Å². The average molecular weight is 379 g/mol. The molecule has 28 heavy (non-hydrogen) atoms. The second-order valence-electron chi connectivity index (χ2n) is 7.52. The molecule has 0 amide bonds. The van der Waals surface area contributed by atoms with Crippen LogP contribution in [0.3, 0.4) is 0 Å². The molecule has 0 unspecified atom stereocenters. The molecule has 0 saturated carbocycles. The molecule has 146 valence electrons. The van der Waals surface area contributed by atoms with E-state index in [0.29, 0.717) is 5.82 Å². The van der Waals surface area contributed by atoms with E-state index in [1.807, 2.05) is 24.3 Å². The fraction of sp³-hybridized carbons (Fsp3) is 0.381. The monoisotopic (exact) mass is 379 g/mol. The van der Waals surface area contributed by atoms with Gasteiger partial charge in [-0.05, 0) is 31.5 Å². The van der Waals surface area contributed by atoms with E-state index >= 15 is 0 Å². The molecular formula is C21H27N6O+. The lowest BCUT2D eigenvalue weighted by molar-refractivity contribution is -0.858. The predicted molar refractivity (Wildman–Crippen MR) is 110 cm³/mol. The number of ether oxygens (including phenoxy) is 1. The van der Waals surface area contributed by atoms with Crippen LogP contribution in [0.4, 0.5) is 0 Å². The Kier molecular flexibility index (Phi) is 4.77. The minimum atomic E-state index is 0.646. The summed E-state index contributed by atoms with van der Waals surface area (Å²) in [5, 5.41) is 5.73. The Morgan fingerprint density at radius 2 is 1.89 bits per heavy atom. The molecule has 0 radical (unpaired) electrons. The number of methoxy groups -OCH3 is 1. The van der Waals surface area contributed by atoms with Crippen LogP contribution in [-0.4, -0.2) is 51.9 Å². The number of nitrogens with zero attached hydrogens (tertiary/aromatic N) is 5. The lowest BCUT2D eigenvalue weighted by Gasteiger charge is -2.10. The van der Waals surface area contributed by atoms with Crippen molar-refractivity contribution in [3.05, 3.63) is 41.9 Å². The quantitative estimate of drug-likeness (QED) is 0.556. The number of aryl methyl sites for hydroxylation is 2. The molecule has 0 aliphatic heterocycles. The lowest BCUT2D eigenvalue weighted by atomic mass is 10.2. The van der Waals surface area contributed by atoms with Crippen LogP contribution in [0.2, 0.25) is 0 Å². The van der Waals surface area contributed by atoms with Crippen LogP contribution < -0.4 is 9.64 Å². The van der Waals surface area contributed by atoms with Gasteiger partial charge in [0.2, 0.25) is 0 Å². The maximum Gasteiger partial charge on any atom is 0.185 e. The molecule has 0 spiro atoms. The smallest absolute Gasteiger partial charge is 0.185 e. The van der Waals surface area contributed by atoms with Crippen molar-refractivity contribution >= 4 is 16.7 Å². The Morgan fingerprint density at radius 3 is 2.64 bits per heavy atom. The average Bonchev–Trinajstić information content (AvgIpc) is 3.22. The first kappa shape index (κ1) is 18.4. The highest BCUT2D eigenvalue weighted by Gasteiger charge is 2.19. The molecule has 0 atom stereocenters. The summed E-state index contributed by atoms with van der Waals surface area (Å²) in [6, 6.07) is 7.81. The summed E-state index contributed by atoms with van der Waals surface area (Å²) in [6.45, 7) is 6.39. The molecule has 4 rings (SSSR count). The number of hydrogen-bond donors (Lipinski definition) is 1. The zero-order chi connectivity index (χ0) is 19.8. The number of nitrogens with one attached hydrogen (secondary N) is 1. The Bertz CT molecular complexity index is 1140. The summed E-state index contributed by atoms with van der Waals surface area (Å²) in [6.07, 6.45) is 2.87. The van der Waals surface area contributed by atoms with Crippen LogP contribution in [0.5, 0.6) is 5.75 Å². The number of aromatic nitrogens is 5. The zero-order valence-corrected chi connectivity index (χ0v) is 17.2. The largest absolute Gasteiger partial charge is 0.496 e. The molecule has 7 nitrogen and oxygen atoms in total. The number of para-hydroxylation sites is 1. The molecule has 3 aromatic heterocycles. The summed E-state index contributed by atoms with van der Waals surface area (Å²) in [7, 11) is 6.03. The predicted octanol–water partition coefficient (Wildman–Crippen LogP) is 1.91. The van der Waals surface area contributed by atoms with Gasteiger partial charge < -0.3 is 14.2 Å². The van der Waals surface area contributed by atoms with E-state index in [1.54, 1.807) is 18.0 Å². The molecular weight excluding hydrogens is 352 g/mol. The minimum Gasteiger partial charge on any atom is -0.496 e. The van der Waals surface area contributed by atoms with Gasteiger partial charge in [-0.2, -0.15) is 0 Å². The molecule has 0 aliphatic carbocycles. The summed E-state index contributed by atoms with van der Waals surface area (Å²) in [5.74, 6) is 1.41. The molecule has 0 saturated heterocycles. The first-order valence-electron chi connectivity index (χ1n) is 9.64. The van der Waals surface area contributed by atoms with E-state index in [0.717, 1.165) is 47.5 Å². The van der Waals surface area contributed by atoms with E-state index in [2.05, 4.69) is 37.6 Å². The number of hydrogen-bond acceptors (Lipinski definition) is 4. The first-order chi connectivity index (χ1) is 13.5. The van der Waals surface area contributed by atoms with Gasteiger partial charge in [-0.15, -0.1) is 5.10 Å². The van der Waals surface area contributed by atoms with Gasteiger partial charge in [0.05, 0.1) is 38.7 Å². The van der Waals surface area contributed by atoms with Crippen molar-refractivity contribution in [1.29, 1.82) is 0 Å². The summed E-state index contributed by atoms with van der Waals surface area (Å²) in [4.78, 5) is 11.0. The molecule has 4 aromatic rings. The van der Waals surface area contributed by atoms with Crippen molar-refractivity contribution in [2.45, 2.75) is 26.8 Å². The fourth-order valence-electron chi connectivity index (χ4n) is 3.74. The molecule has 1 N–H and O–H groups in total. The number of rotatable bonds is 6. The van der Waals surface area contributed by atoms with Gasteiger partial charge in [0, 0.05) is 18.7 Å². The van der Waals surface area contributed by atoms with Gasteiger partial charge >= 0.3 is 0 Å². The summed E-state index contributed by atoms with van der Waals surface area (Å²) in [5.41, 5.74) is 5.15. The highest BCUT2D eigenvalue weighted by molar-refractivity contribution is 5.94. The zero-order valence-electron chi connectivity index (χ0n) is 17.2. The van der Waals surface area contributed by atoms with Crippen LogP contribution >= 0.6 is 0 Å². The van der Waals surface area contributed by atoms with Gasteiger partial charge in [0.1, 0.15) is 17.7 Å². The van der Waals surface area contributed by atoms with Crippen molar-refractivity contribution in [1.82, 2.24) is 24.1 Å². The highest BCUT2D eigenvalue weighted by Crippen LogP contribution is 2.31. The van der Waals surface area contributed by atoms with Crippen LogP contribution in [0.15, 0.2) is 30.6 Å². The third-order valence-electron chi connectivity index (χ3n) is 5.35. The van der Waals surface area contributed by atoms with Crippen LogP contribution in [0.1, 0.15) is 17.7 Å². The van der Waals surface area contributed by atoms with Crippen molar-refractivity contribution in [2.75, 3.05) is 27.7 Å². The molecule has 0 fully saturated rings. The fourth-order valence-corrected chi connectivity index (χ4v) is 3.74. The van der Waals surface area contributed by atoms with Crippen molar-refractivity contribution in [2.24, 2.45) is 0 Å². The van der Waals surface area contributed by atoms with Gasteiger partial charge in [-0.1, -0.05) is 12.1 Å². The standard InChI is InChI=1S/C21H26N6O/c1-14-15(2)26(12-8-11-25(3)4)20-18(14)21-23-19(24-27(21)13-22-20)16-9-6-7-10-17(16)28-5/h6-7,9-10,13H,8,11-12H2,1-5H3/p+1. The topological polar surface area (TPSA) is 61.7 Å². The number of benzene rings is 1. The van der Waals surface area contributed by atoms with E-state index in [4.69, 9.17) is 14.7 Å². The summed E-state index contributed by atoms with van der Waals surface area (Å²) < 4.78 is 9.56. The van der Waals surface area contributed by atoms with Crippen molar-refractivity contribution in [3.63, 3.8) is 0 Å². The maximum atomic E-state index is 5.48. The van der Waals surface area contributed by atoms with Gasteiger partial charge in [0.25, 0.3) is 0 Å². The van der Waals surface area contributed by atoms with E-state index < -0.39 is 0 Å². The van der Waals surface area contributed by atoms with Crippen LogP contribution in [-0.2, 0) is 6.54 Å². The molecule has 7 heteroatoms. The summed E-state index contributed by atoms with van der Waals surface area (Å²) >= 11 is 0. The molecule has 0 bridgehead atoms. The third kappa shape index (κ3) is 3.01. The number of quaternary nitrogens is 1. The van der Waals surface area contributed by atoms with Crippen LogP contribution in [0, 0.1) is 13.8 Å². The Labute approximate surface area is 164 Å². The van der Waals surface area contributed by atoms with Crippen molar-refractivity contribution < 1.29 is 9.64 Å². The first-order valence-corrected chi connectivity index (χ1v) is 9.64.